The number of nitriles is 1. The van der Waals surface area contributed by atoms with E-state index >= 15 is 0 Å². The Morgan fingerprint density at radius 3 is 2.43 bits per heavy atom. The van der Waals surface area contributed by atoms with E-state index in [-0.39, 0.29) is 24.9 Å². The summed E-state index contributed by atoms with van der Waals surface area (Å²) in [7, 11) is -1.28. The summed E-state index contributed by atoms with van der Waals surface area (Å²) in [5.41, 5.74) is 3.48. The van der Waals surface area contributed by atoms with Crippen LogP contribution < -0.4 is 4.72 Å². The van der Waals surface area contributed by atoms with Gasteiger partial charge in [-0.05, 0) is 94.5 Å². The molecule has 9 heteroatoms. The van der Waals surface area contributed by atoms with Crippen molar-refractivity contribution in [1.82, 2.24) is 14.3 Å². The van der Waals surface area contributed by atoms with Crippen molar-refractivity contribution >= 4 is 11.0 Å². The van der Waals surface area contributed by atoms with E-state index in [1.165, 1.54) is 5.56 Å². The number of imidazole rings is 1. The van der Waals surface area contributed by atoms with Crippen molar-refractivity contribution in [3.05, 3.63) is 77.9 Å². The molecule has 0 radical (unpaired) electrons. The van der Waals surface area contributed by atoms with Gasteiger partial charge in [0.25, 0.3) is 0 Å². The number of aromatic nitrogens is 2. The van der Waals surface area contributed by atoms with Gasteiger partial charge in [0.15, 0.2) is 6.29 Å². The third kappa shape index (κ3) is 7.48. The summed E-state index contributed by atoms with van der Waals surface area (Å²) in [6, 6.07) is 18.4. The first-order chi connectivity index (χ1) is 21.1. The van der Waals surface area contributed by atoms with Crippen LogP contribution in [0.5, 0.6) is 0 Å². The van der Waals surface area contributed by atoms with Gasteiger partial charge in [-0.25, -0.2) is 13.9 Å². The van der Waals surface area contributed by atoms with E-state index in [9.17, 15) is 14.6 Å². The maximum Gasteiger partial charge on any atom is 0.158 e. The Balaban J connectivity index is 1.20. The minimum absolute atomic E-state index is 0.144. The molecule has 4 atom stereocenters. The highest BCUT2D eigenvalue weighted by Gasteiger charge is 2.47. The van der Waals surface area contributed by atoms with E-state index < -0.39 is 27.3 Å². The second kappa shape index (κ2) is 13.8. The van der Waals surface area contributed by atoms with Crippen LogP contribution in [0.1, 0.15) is 94.8 Å². The lowest BCUT2D eigenvalue weighted by Crippen LogP contribution is -2.56. The average Bonchev–Trinajstić information content (AvgIpc) is 3.50. The molecule has 1 saturated heterocycles. The van der Waals surface area contributed by atoms with E-state index in [0.29, 0.717) is 25.3 Å². The predicted molar refractivity (Wildman–Crippen MR) is 172 cm³/mol. The lowest BCUT2D eigenvalue weighted by Gasteiger charge is -2.44. The van der Waals surface area contributed by atoms with E-state index in [4.69, 9.17) is 9.47 Å². The molecule has 8 nitrogen and oxygen atoms in total. The highest BCUT2D eigenvalue weighted by molar-refractivity contribution is 7.84. The van der Waals surface area contributed by atoms with Gasteiger partial charge in [0.1, 0.15) is 23.5 Å². The maximum atomic E-state index is 12.6. The van der Waals surface area contributed by atoms with Gasteiger partial charge in [-0.2, -0.15) is 5.26 Å². The molecule has 1 aliphatic carbocycles. The molecule has 1 aromatic heterocycles. The molecular weight excluding hydrogens is 572 g/mol. The lowest BCUT2D eigenvalue weighted by molar-refractivity contribution is -0.188. The summed E-state index contributed by atoms with van der Waals surface area (Å²) in [6.45, 7) is 8.24. The molecule has 2 fully saturated rings. The summed E-state index contributed by atoms with van der Waals surface area (Å²) in [5.74, 6) is 7.38. The molecule has 1 saturated carbocycles. The highest BCUT2D eigenvalue weighted by atomic mass is 32.2. The van der Waals surface area contributed by atoms with Crippen LogP contribution in [0.2, 0.25) is 0 Å². The SMILES string of the molecule is C[C@H](OC1CCCCO1)c1nccn1[C@@H](C#Cc1ccc(-c2ccc(C3CC(C#N)(NS(=O)C(C)(C)C)C3)cc2)cc1)CO. The number of aliphatic hydroxyl groups is 1. The summed E-state index contributed by atoms with van der Waals surface area (Å²) in [5, 5.41) is 19.9. The molecule has 5 rings (SSSR count). The van der Waals surface area contributed by atoms with Gasteiger partial charge in [-0.3, -0.25) is 0 Å². The normalized spacial score (nSPS) is 23.8. The van der Waals surface area contributed by atoms with Crippen molar-refractivity contribution in [2.75, 3.05) is 13.2 Å². The minimum atomic E-state index is -1.28. The zero-order chi connectivity index (χ0) is 31.3. The van der Waals surface area contributed by atoms with E-state index in [0.717, 1.165) is 36.0 Å². The number of benzene rings is 2. The van der Waals surface area contributed by atoms with Crippen molar-refractivity contribution in [2.45, 2.75) is 94.4 Å². The van der Waals surface area contributed by atoms with Gasteiger partial charge in [0.05, 0.1) is 28.4 Å². The fraction of sp³-hybridized carbons (Fsp3) is 0.486. The number of hydrogen-bond acceptors (Lipinski definition) is 6. The van der Waals surface area contributed by atoms with E-state index in [1.54, 1.807) is 6.20 Å². The molecule has 1 aliphatic heterocycles. The largest absolute Gasteiger partial charge is 0.393 e. The second-order valence-electron chi connectivity index (χ2n) is 12.7. The molecule has 44 heavy (non-hydrogen) atoms. The van der Waals surface area contributed by atoms with Crippen LogP contribution in [0, 0.1) is 23.2 Å². The predicted octanol–water partition coefficient (Wildman–Crippen LogP) is 5.93. The Labute approximate surface area is 263 Å². The van der Waals surface area contributed by atoms with Crippen LogP contribution >= 0.6 is 0 Å². The number of nitrogens with zero attached hydrogens (tertiary/aromatic N) is 3. The Morgan fingerprint density at radius 1 is 1.16 bits per heavy atom. The summed E-state index contributed by atoms with van der Waals surface area (Å²) >= 11 is 0. The molecular formula is C35H42N4O4S. The highest BCUT2D eigenvalue weighted by Crippen LogP contribution is 2.45. The van der Waals surface area contributed by atoms with Gasteiger partial charge in [-0.15, -0.1) is 0 Å². The Morgan fingerprint density at radius 2 is 1.84 bits per heavy atom. The number of aliphatic hydroxyl groups excluding tert-OH is 1. The van der Waals surface area contributed by atoms with Crippen LogP contribution in [0.4, 0.5) is 0 Å². The van der Waals surface area contributed by atoms with Crippen LogP contribution in [0.3, 0.4) is 0 Å². The number of rotatable bonds is 9. The first-order valence-corrected chi connectivity index (χ1v) is 16.5. The van der Waals surface area contributed by atoms with Gasteiger partial charge in [0.2, 0.25) is 0 Å². The van der Waals surface area contributed by atoms with Crippen molar-refractivity contribution in [1.29, 1.82) is 5.26 Å². The third-order valence-corrected chi connectivity index (χ3v) is 9.98. The fourth-order valence-corrected chi connectivity index (χ4v) is 6.49. The zero-order valence-electron chi connectivity index (χ0n) is 26.0. The average molecular weight is 615 g/mol. The van der Waals surface area contributed by atoms with Gasteiger partial charge in [-0.1, -0.05) is 48.2 Å². The second-order valence-corrected chi connectivity index (χ2v) is 14.7. The van der Waals surface area contributed by atoms with Crippen LogP contribution in [0.25, 0.3) is 11.1 Å². The van der Waals surface area contributed by atoms with Gasteiger partial charge in [0, 0.05) is 24.6 Å². The lowest BCUT2D eigenvalue weighted by atomic mass is 9.67. The molecule has 3 aromatic rings. The maximum absolute atomic E-state index is 12.6. The smallest absolute Gasteiger partial charge is 0.158 e. The van der Waals surface area contributed by atoms with Crippen LogP contribution in [-0.4, -0.2) is 48.7 Å². The fourth-order valence-electron chi connectivity index (χ4n) is 5.62. The Kier molecular flexibility index (Phi) is 10.0. The Bertz CT molecular complexity index is 1530. The zero-order valence-corrected chi connectivity index (χ0v) is 26.8. The molecule has 2 aromatic carbocycles. The molecule has 2 heterocycles. The van der Waals surface area contributed by atoms with Crippen molar-refractivity contribution in [2.24, 2.45) is 0 Å². The molecule has 2 N–H and O–H groups in total. The van der Waals surface area contributed by atoms with E-state index in [2.05, 4.69) is 51.9 Å². The quantitative estimate of drug-likeness (QED) is 0.289. The van der Waals surface area contributed by atoms with Crippen LogP contribution in [-0.2, 0) is 20.5 Å². The molecule has 0 bridgehead atoms. The topological polar surface area (TPSA) is 109 Å². The standard InChI is InChI=1S/C35H42N4O4S/c1-25(43-32-7-5-6-20-42-32)33-37-18-19-39(33)31(23-40)17-10-26-8-11-27(12-9-26)28-13-15-29(16-14-28)30-21-35(22-30,24-36)38-44(41)34(2,3)4/h8-9,11-16,18-19,25,30-32,38,40H,5-7,20-23H2,1-4H3/t25-,30?,31-,32?,35?,44?/m0/s1. The van der Waals surface area contributed by atoms with Crippen molar-refractivity contribution in [3.63, 3.8) is 0 Å². The number of nitrogens with one attached hydrogen (secondary N) is 1. The molecule has 0 amide bonds. The Hall–Kier alpha value is -3.31. The number of ether oxygens (including phenoxy) is 2. The third-order valence-electron chi connectivity index (χ3n) is 8.30. The van der Waals surface area contributed by atoms with Gasteiger partial charge < -0.3 is 19.1 Å². The molecule has 232 valence electrons. The minimum Gasteiger partial charge on any atom is -0.393 e. The number of hydrogen-bond donors (Lipinski definition) is 2. The van der Waals surface area contributed by atoms with Crippen molar-refractivity contribution < 1.29 is 18.8 Å². The monoisotopic (exact) mass is 614 g/mol. The van der Waals surface area contributed by atoms with Crippen LogP contribution in [0.15, 0.2) is 60.9 Å². The van der Waals surface area contributed by atoms with Gasteiger partial charge >= 0.3 is 0 Å². The molecule has 2 aliphatic rings. The summed E-state index contributed by atoms with van der Waals surface area (Å²) in [4.78, 5) is 4.48. The summed E-state index contributed by atoms with van der Waals surface area (Å²) in [6.07, 6.45) is 7.33. The summed E-state index contributed by atoms with van der Waals surface area (Å²) < 4.78 is 28.9. The first-order valence-electron chi connectivity index (χ1n) is 15.3. The van der Waals surface area contributed by atoms with E-state index in [1.807, 2.05) is 62.7 Å². The van der Waals surface area contributed by atoms with Crippen molar-refractivity contribution in [3.8, 4) is 29.0 Å². The molecule has 2 unspecified atom stereocenters. The molecule has 0 spiro atoms. The first kappa shape index (κ1) is 32.1.